The van der Waals surface area contributed by atoms with Crippen LogP contribution in [0.5, 0.6) is 5.88 Å². The Labute approximate surface area is 159 Å². The first kappa shape index (κ1) is 16.1. The summed E-state index contributed by atoms with van der Waals surface area (Å²) >= 11 is 0. The van der Waals surface area contributed by atoms with E-state index < -0.39 is 5.91 Å². The molecule has 2 heterocycles. The standard InChI is InChI=1S/C22H14N4O2/c27-21-19(15-10-4-6-12-17(15)23-21)24-25-20-16-11-5-7-13-18(16)26(22(20)28)14-8-2-1-3-9-14/h1-13,28H. The van der Waals surface area contributed by atoms with Gasteiger partial charge < -0.3 is 5.11 Å². The van der Waals surface area contributed by atoms with Crippen molar-refractivity contribution in [2.24, 2.45) is 15.2 Å². The van der Waals surface area contributed by atoms with Crippen LogP contribution in [-0.4, -0.2) is 15.6 Å². The first-order chi connectivity index (χ1) is 13.7. The molecule has 4 aromatic rings. The van der Waals surface area contributed by atoms with Gasteiger partial charge in [-0.05, 0) is 24.3 Å². The number of azo groups is 1. The van der Waals surface area contributed by atoms with E-state index in [0.29, 0.717) is 16.3 Å². The number of benzene rings is 3. The van der Waals surface area contributed by atoms with Crippen LogP contribution in [0.2, 0.25) is 0 Å². The second-order valence-electron chi connectivity index (χ2n) is 6.34. The molecule has 0 radical (unpaired) electrons. The molecule has 1 amide bonds. The molecular formula is C22H14N4O2. The monoisotopic (exact) mass is 366 g/mol. The topological polar surface area (TPSA) is 79.3 Å². The summed E-state index contributed by atoms with van der Waals surface area (Å²) in [6.07, 6.45) is 0. The van der Waals surface area contributed by atoms with E-state index in [2.05, 4.69) is 15.2 Å². The van der Waals surface area contributed by atoms with Gasteiger partial charge in [0, 0.05) is 16.3 Å². The molecule has 0 atom stereocenters. The number of carbonyl (C=O) groups excluding carboxylic acids is 1. The van der Waals surface area contributed by atoms with Gasteiger partial charge in [0.15, 0.2) is 11.4 Å². The number of aromatic nitrogens is 1. The number of para-hydroxylation sites is 3. The molecule has 0 aliphatic carbocycles. The SMILES string of the molecule is O=C1N=c2ccccc2=C1N=Nc1c(O)n(-c2ccccc2)c2ccccc12. The molecule has 28 heavy (non-hydrogen) atoms. The Morgan fingerprint density at radius 1 is 0.821 bits per heavy atom. The Morgan fingerprint density at radius 2 is 1.54 bits per heavy atom. The molecular weight excluding hydrogens is 352 g/mol. The van der Waals surface area contributed by atoms with Gasteiger partial charge >= 0.3 is 0 Å². The highest BCUT2D eigenvalue weighted by Gasteiger charge is 2.19. The van der Waals surface area contributed by atoms with Gasteiger partial charge in [-0.25, -0.2) is 4.99 Å². The number of amides is 1. The maximum absolute atomic E-state index is 12.2. The van der Waals surface area contributed by atoms with Crippen LogP contribution in [0.1, 0.15) is 0 Å². The lowest BCUT2D eigenvalue weighted by Gasteiger charge is -2.06. The number of hydrogen-bond acceptors (Lipinski definition) is 4. The molecule has 1 aliphatic heterocycles. The summed E-state index contributed by atoms with van der Waals surface area (Å²) in [5.74, 6) is -0.469. The van der Waals surface area contributed by atoms with Crippen LogP contribution in [0.4, 0.5) is 5.69 Å². The van der Waals surface area contributed by atoms with Crippen LogP contribution >= 0.6 is 0 Å². The van der Waals surface area contributed by atoms with Gasteiger partial charge in [-0.15, -0.1) is 10.2 Å². The number of rotatable bonds is 3. The summed E-state index contributed by atoms with van der Waals surface area (Å²) in [4.78, 5) is 16.2. The maximum Gasteiger partial charge on any atom is 0.298 e. The lowest BCUT2D eigenvalue weighted by atomic mass is 10.2. The van der Waals surface area contributed by atoms with E-state index in [9.17, 15) is 9.90 Å². The van der Waals surface area contributed by atoms with Gasteiger partial charge in [0.1, 0.15) is 0 Å². The maximum atomic E-state index is 12.2. The average molecular weight is 366 g/mol. The third-order valence-corrected chi connectivity index (χ3v) is 4.67. The number of hydrogen-bond donors (Lipinski definition) is 1. The average Bonchev–Trinajstić information content (AvgIpc) is 3.20. The lowest BCUT2D eigenvalue weighted by molar-refractivity contribution is -0.112. The zero-order chi connectivity index (χ0) is 19.1. The van der Waals surface area contributed by atoms with Crippen molar-refractivity contribution < 1.29 is 9.90 Å². The first-order valence-electron chi connectivity index (χ1n) is 8.76. The van der Waals surface area contributed by atoms with Crippen molar-refractivity contribution in [1.82, 2.24) is 4.57 Å². The van der Waals surface area contributed by atoms with Crippen molar-refractivity contribution in [3.8, 4) is 11.6 Å². The van der Waals surface area contributed by atoms with E-state index in [1.165, 1.54) is 0 Å². The predicted octanol–water partition coefficient (Wildman–Crippen LogP) is 3.39. The first-order valence-corrected chi connectivity index (χ1v) is 8.76. The molecule has 1 N–H and O–H groups in total. The summed E-state index contributed by atoms with van der Waals surface area (Å²) < 4.78 is 1.71. The van der Waals surface area contributed by atoms with Crippen molar-refractivity contribution >= 4 is 28.2 Å². The molecule has 0 fully saturated rings. The van der Waals surface area contributed by atoms with E-state index >= 15 is 0 Å². The molecule has 6 heteroatoms. The van der Waals surface area contributed by atoms with Gasteiger partial charge in [0.05, 0.1) is 10.9 Å². The van der Waals surface area contributed by atoms with Crippen molar-refractivity contribution in [2.45, 2.75) is 0 Å². The molecule has 1 aliphatic rings. The van der Waals surface area contributed by atoms with Crippen molar-refractivity contribution in [2.75, 3.05) is 0 Å². The Kier molecular flexibility index (Phi) is 3.62. The van der Waals surface area contributed by atoms with Crippen LogP contribution in [-0.2, 0) is 4.79 Å². The van der Waals surface area contributed by atoms with Gasteiger partial charge in [-0.1, -0.05) is 54.6 Å². The third kappa shape index (κ3) is 2.43. The number of carbonyl (C=O) groups is 1. The van der Waals surface area contributed by atoms with E-state index in [0.717, 1.165) is 16.6 Å². The molecule has 1 aromatic heterocycles. The fraction of sp³-hybridized carbons (Fsp3) is 0. The third-order valence-electron chi connectivity index (χ3n) is 4.67. The second kappa shape index (κ2) is 6.28. The number of fused-ring (bicyclic) bond motifs is 2. The van der Waals surface area contributed by atoms with E-state index in [1.54, 1.807) is 16.7 Å². The highest BCUT2D eigenvalue weighted by atomic mass is 16.3. The summed E-state index contributed by atoms with van der Waals surface area (Å²) in [7, 11) is 0. The molecule has 5 rings (SSSR count). The van der Waals surface area contributed by atoms with Crippen LogP contribution in [0, 0.1) is 0 Å². The fourth-order valence-corrected chi connectivity index (χ4v) is 3.39. The van der Waals surface area contributed by atoms with Crippen molar-refractivity contribution in [3.05, 3.63) is 89.4 Å². The zero-order valence-electron chi connectivity index (χ0n) is 14.6. The quantitative estimate of drug-likeness (QED) is 0.564. The molecule has 0 bridgehead atoms. The van der Waals surface area contributed by atoms with Crippen LogP contribution in [0.15, 0.2) is 94.1 Å². The Balaban J connectivity index is 1.72. The summed E-state index contributed by atoms with van der Waals surface area (Å²) in [6, 6.07) is 24.2. The fourth-order valence-electron chi connectivity index (χ4n) is 3.39. The Bertz CT molecular complexity index is 1390. The predicted molar refractivity (Wildman–Crippen MR) is 105 cm³/mol. The smallest absolute Gasteiger partial charge is 0.298 e. The molecule has 0 spiro atoms. The minimum atomic E-state index is -0.434. The van der Waals surface area contributed by atoms with E-state index in [1.807, 2.05) is 66.7 Å². The largest absolute Gasteiger partial charge is 0.493 e. The van der Waals surface area contributed by atoms with Crippen LogP contribution in [0.25, 0.3) is 22.3 Å². The Morgan fingerprint density at radius 3 is 2.39 bits per heavy atom. The van der Waals surface area contributed by atoms with Crippen molar-refractivity contribution in [3.63, 3.8) is 0 Å². The molecule has 134 valence electrons. The van der Waals surface area contributed by atoms with Gasteiger partial charge in [-0.3, -0.25) is 9.36 Å². The second-order valence-corrected chi connectivity index (χ2v) is 6.34. The van der Waals surface area contributed by atoms with E-state index in [4.69, 9.17) is 0 Å². The van der Waals surface area contributed by atoms with Gasteiger partial charge in [0.2, 0.25) is 5.88 Å². The minimum absolute atomic E-state index is 0.0348. The number of nitrogens with zero attached hydrogens (tertiary/aromatic N) is 4. The molecule has 6 nitrogen and oxygen atoms in total. The molecule has 3 aromatic carbocycles. The Hall–Kier alpha value is -4.06. The lowest BCUT2D eigenvalue weighted by Crippen LogP contribution is -2.21. The van der Waals surface area contributed by atoms with Gasteiger partial charge in [-0.2, -0.15) is 0 Å². The van der Waals surface area contributed by atoms with Crippen molar-refractivity contribution in [1.29, 1.82) is 0 Å². The molecule has 0 saturated heterocycles. The zero-order valence-corrected chi connectivity index (χ0v) is 14.6. The highest BCUT2D eigenvalue weighted by Crippen LogP contribution is 2.41. The summed E-state index contributed by atoms with van der Waals surface area (Å²) in [5.41, 5.74) is 2.09. The normalized spacial score (nSPS) is 13.3. The minimum Gasteiger partial charge on any atom is -0.493 e. The van der Waals surface area contributed by atoms with E-state index in [-0.39, 0.29) is 11.6 Å². The van der Waals surface area contributed by atoms with Crippen LogP contribution in [0.3, 0.4) is 0 Å². The highest BCUT2D eigenvalue weighted by molar-refractivity contribution is 6.14. The van der Waals surface area contributed by atoms with Gasteiger partial charge in [0.25, 0.3) is 5.91 Å². The van der Waals surface area contributed by atoms with Crippen LogP contribution < -0.4 is 10.6 Å². The summed E-state index contributed by atoms with van der Waals surface area (Å²) in [6.45, 7) is 0. The summed E-state index contributed by atoms with van der Waals surface area (Å²) in [5, 5.41) is 21.3. The molecule has 0 saturated carbocycles. The molecule has 0 unspecified atom stereocenters. The number of aromatic hydroxyl groups is 1.